The first kappa shape index (κ1) is 23.2. The van der Waals surface area contributed by atoms with E-state index in [1.807, 2.05) is 0 Å². The Morgan fingerprint density at radius 1 is 1.00 bits per heavy atom. The monoisotopic (exact) mass is 192 g/mol. The highest BCUT2D eigenvalue weighted by molar-refractivity contribution is 6.24. The Balaban J connectivity index is -0.0000000105. The van der Waals surface area contributed by atoms with Crippen LogP contribution in [0.25, 0.3) is 0 Å². The minimum Gasteiger partial charge on any atom is -0.295 e. The zero-order valence-electron chi connectivity index (χ0n) is 3.14. The van der Waals surface area contributed by atoms with Crippen molar-refractivity contribution in [2.24, 2.45) is 0 Å². The van der Waals surface area contributed by atoms with E-state index in [1.54, 1.807) is 0 Å². The molecule has 0 spiro atoms. The van der Waals surface area contributed by atoms with Crippen molar-refractivity contribution < 1.29 is 8.50 Å². The Hall–Kier alpha value is 1.85. The average molecular weight is 193 g/mol. The molecule has 7 heteroatoms. The summed E-state index contributed by atoms with van der Waals surface area (Å²) in [7, 11) is 0. The molecule has 0 aliphatic heterocycles. The van der Waals surface area contributed by atoms with Crippen LogP contribution in [0.5, 0.6) is 0 Å². The minimum atomic E-state index is 0. The summed E-state index contributed by atoms with van der Waals surface area (Å²) in [5.74, 6) is 0. The van der Waals surface area contributed by atoms with Gasteiger partial charge in [0.05, 0.1) is 35.6 Å². The van der Waals surface area contributed by atoms with Crippen LogP contribution >= 0.6 is 35.6 Å². The first-order valence-electron chi connectivity index (χ1n) is 0.478. The van der Waals surface area contributed by atoms with Gasteiger partial charge in [0.15, 0.2) is 0 Å². The SMILES string of the molecule is ClOCl.OCl.[Al].[Al]. The van der Waals surface area contributed by atoms with Gasteiger partial charge in [-0.05, 0) is 0 Å². The molecule has 40 valence electrons. The van der Waals surface area contributed by atoms with E-state index < -0.39 is 0 Å². The zero-order valence-corrected chi connectivity index (χ0v) is 7.72. The standard InChI is InChI=1S/2Al.Cl2O.ClHO/c;;1-3-2;1-2/h;;;2H. The second kappa shape index (κ2) is 45.3. The average Bonchev–Trinajstić information content (AvgIpc) is 1.46. The molecule has 0 fully saturated rings. The predicted octanol–water partition coefficient (Wildman–Crippen LogP) is 0.681. The third-order valence-corrected chi connectivity index (χ3v) is 0. The predicted molar refractivity (Wildman–Crippen MR) is 32.4 cm³/mol. The van der Waals surface area contributed by atoms with E-state index in [0.29, 0.717) is 0 Å². The summed E-state index contributed by atoms with van der Waals surface area (Å²) in [4.78, 5) is 0. The highest BCUT2D eigenvalue weighted by Crippen LogP contribution is 1.78. The third kappa shape index (κ3) is 78.3. The fourth-order valence-corrected chi connectivity index (χ4v) is 0. The van der Waals surface area contributed by atoms with Crippen LogP contribution in [0.3, 0.4) is 0 Å². The second-order valence-electron chi connectivity index (χ2n) is 0.0583. The summed E-state index contributed by atoms with van der Waals surface area (Å²) in [5, 5.41) is 0. The smallest absolute Gasteiger partial charge is 0.0832 e. The maximum Gasteiger partial charge on any atom is 0.0832 e. The molecule has 0 aromatic rings. The summed E-state index contributed by atoms with van der Waals surface area (Å²) in [6.07, 6.45) is 0. The van der Waals surface area contributed by atoms with E-state index in [-0.39, 0.29) is 34.7 Å². The molecular weight excluding hydrogens is 192 g/mol. The third-order valence-electron chi connectivity index (χ3n) is 0. The molecule has 0 atom stereocenters. The van der Waals surface area contributed by atoms with E-state index in [1.165, 1.54) is 0 Å². The maximum absolute atomic E-state index is 6.47. The van der Waals surface area contributed by atoms with E-state index in [9.17, 15) is 0 Å². The number of hydrogen-bond acceptors (Lipinski definition) is 2. The molecular formula is HAl2Cl3O2. The lowest BCUT2D eigenvalue weighted by molar-refractivity contribution is 0.632. The molecule has 1 N–H and O–H groups in total. The van der Waals surface area contributed by atoms with E-state index in [2.05, 4.69) is 39.4 Å². The van der Waals surface area contributed by atoms with Crippen LogP contribution in [-0.2, 0) is 3.84 Å². The van der Waals surface area contributed by atoms with Crippen molar-refractivity contribution in [1.82, 2.24) is 0 Å². The first-order chi connectivity index (χ1) is 2.41. The fourth-order valence-electron chi connectivity index (χ4n) is 0. The Kier molecular flexibility index (Phi) is 150. The molecule has 0 amide bonds. The minimum absolute atomic E-state index is 0. The van der Waals surface area contributed by atoms with Gasteiger partial charge in [0.25, 0.3) is 0 Å². The Morgan fingerprint density at radius 3 is 1.00 bits per heavy atom. The van der Waals surface area contributed by atoms with Gasteiger partial charge in [0, 0.05) is 34.7 Å². The van der Waals surface area contributed by atoms with Crippen LogP contribution in [0.2, 0.25) is 0 Å². The number of hydrogen-bond donors (Lipinski definition) is 1. The van der Waals surface area contributed by atoms with Gasteiger partial charge in [-0.25, -0.2) is 0 Å². The molecule has 0 aliphatic rings. The lowest BCUT2D eigenvalue weighted by Crippen LogP contribution is -1.15. The topological polar surface area (TPSA) is 29.5 Å². The molecule has 0 saturated carbocycles. The molecule has 0 aliphatic carbocycles. The summed E-state index contributed by atoms with van der Waals surface area (Å²) < 4.78 is 9.67. The lowest BCUT2D eigenvalue weighted by Gasteiger charge is -1.46. The highest BCUT2D eigenvalue weighted by Gasteiger charge is 1.38. The second-order valence-corrected chi connectivity index (χ2v) is 0.525. The largest absolute Gasteiger partial charge is 0.295 e. The quantitative estimate of drug-likeness (QED) is 0.573. The number of rotatable bonds is 0. The van der Waals surface area contributed by atoms with Gasteiger partial charge in [-0.1, -0.05) is 0 Å². The molecule has 0 aromatic heterocycles. The van der Waals surface area contributed by atoms with Gasteiger partial charge in [-0.3, -0.25) is 4.66 Å². The summed E-state index contributed by atoms with van der Waals surface area (Å²) in [6, 6.07) is 0. The molecule has 0 heterocycles. The van der Waals surface area contributed by atoms with Crippen molar-refractivity contribution in [1.29, 1.82) is 0 Å². The maximum atomic E-state index is 6.47. The van der Waals surface area contributed by atoms with Crippen molar-refractivity contribution >= 4 is 70.3 Å². The molecule has 0 saturated heterocycles. The summed E-state index contributed by atoms with van der Waals surface area (Å²) >= 11 is 12.2. The van der Waals surface area contributed by atoms with Crippen LogP contribution < -0.4 is 0 Å². The van der Waals surface area contributed by atoms with Gasteiger partial charge in [0.2, 0.25) is 0 Å². The lowest BCUT2D eigenvalue weighted by atomic mass is 15.9. The molecule has 0 bridgehead atoms. The zero-order chi connectivity index (χ0) is 4.71. The Labute approximate surface area is 78.5 Å². The molecule has 6 radical (unpaired) electrons. The van der Waals surface area contributed by atoms with Crippen LogP contribution in [0, 0.1) is 0 Å². The fraction of sp³-hybridized carbons (Fsp3) is 0. The van der Waals surface area contributed by atoms with Crippen molar-refractivity contribution in [2.75, 3.05) is 0 Å². The van der Waals surface area contributed by atoms with Crippen LogP contribution in [-0.4, -0.2) is 39.4 Å². The van der Waals surface area contributed by atoms with E-state index in [4.69, 9.17) is 4.66 Å². The summed E-state index contributed by atoms with van der Waals surface area (Å²) in [5.41, 5.74) is 0. The van der Waals surface area contributed by atoms with Gasteiger partial charge < -0.3 is 0 Å². The molecule has 0 aromatic carbocycles. The number of halogens is 3. The Morgan fingerprint density at radius 2 is 1.00 bits per heavy atom. The van der Waals surface area contributed by atoms with Crippen LogP contribution in [0.15, 0.2) is 0 Å². The van der Waals surface area contributed by atoms with E-state index >= 15 is 0 Å². The first-order valence-corrected chi connectivity index (χ1v) is 1.43. The molecule has 7 heavy (non-hydrogen) atoms. The molecule has 0 rings (SSSR count). The van der Waals surface area contributed by atoms with Gasteiger partial charge in [0.1, 0.15) is 0 Å². The van der Waals surface area contributed by atoms with Crippen molar-refractivity contribution in [3.63, 3.8) is 0 Å². The normalized spacial score (nSPS) is 3.43. The molecule has 2 nitrogen and oxygen atoms in total. The van der Waals surface area contributed by atoms with Crippen molar-refractivity contribution in [2.45, 2.75) is 0 Å². The van der Waals surface area contributed by atoms with Crippen molar-refractivity contribution in [3.8, 4) is 0 Å². The van der Waals surface area contributed by atoms with Crippen LogP contribution in [0.1, 0.15) is 0 Å². The van der Waals surface area contributed by atoms with Gasteiger partial charge in [-0.2, -0.15) is 3.84 Å². The van der Waals surface area contributed by atoms with E-state index in [0.717, 1.165) is 0 Å². The van der Waals surface area contributed by atoms with Crippen LogP contribution in [0.4, 0.5) is 0 Å². The van der Waals surface area contributed by atoms with Gasteiger partial charge >= 0.3 is 0 Å². The molecule has 0 unspecified atom stereocenters. The Bertz CT molecular complexity index is 10.9. The van der Waals surface area contributed by atoms with Gasteiger partial charge in [-0.15, -0.1) is 0 Å². The highest BCUT2D eigenvalue weighted by atomic mass is 35.6. The summed E-state index contributed by atoms with van der Waals surface area (Å²) in [6.45, 7) is 0. The van der Waals surface area contributed by atoms with Crippen molar-refractivity contribution in [3.05, 3.63) is 0 Å².